The summed E-state index contributed by atoms with van der Waals surface area (Å²) in [6.45, 7) is -0.0780. The quantitative estimate of drug-likeness (QED) is 0.116. The number of hydrogen-bond acceptors (Lipinski definition) is 10. The number of fused-ring (bicyclic) bond motifs is 1. The van der Waals surface area contributed by atoms with Crippen molar-refractivity contribution in [3.8, 4) is 11.5 Å². The Morgan fingerprint density at radius 2 is 1.21 bits per heavy atom. The van der Waals surface area contributed by atoms with Crippen LogP contribution in [0.25, 0.3) is 11.2 Å². The average Bonchev–Trinajstić information content (AvgIpc) is 3.86. The van der Waals surface area contributed by atoms with E-state index in [1.165, 1.54) is 6.33 Å². The van der Waals surface area contributed by atoms with Crippen LogP contribution in [-0.4, -0.2) is 69.5 Å². The number of nitrogens with one attached hydrogen (secondary N) is 2. The van der Waals surface area contributed by atoms with Gasteiger partial charge >= 0.3 is 0 Å². The highest BCUT2D eigenvalue weighted by molar-refractivity contribution is 6.08. The summed E-state index contributed by atoms with van der Waals surface area (Å²) in [5.41, 5.74) is 2.21. The molecular formula is C44H38N6O7. The van der Waals surface area contributed by atoms with Crippen molar-refractivity contribution >= 4 is 34.7 Å². The lowest BCUT2D eigenvalue weighted by Crippen LogP contribution is -2.42. The second-order valence-electron chi connectivity index (χ2n) is 13.2. The number of carbonyl (C=O) groups is 2. The number of imidazole rings is 1. The molecule has 3 N–H and O–H groups in total. The van der Waals surface area contributed by atoms with Crippen molar-refractivity contribution in [3.05, 3.63) is 174 Å². The zero-order chi connectivity index (χ0) is 39.4. The van der Waals surface area contributed by atoms with E-state index in [4.69, 9.17) is 23.9 Å². The SMILES string of the molecule is COc1ccc(C(O[C@H]2[C@H](n3cnc4c(NC(=O)c5ccccc5)nc(NC(=O)c5ccccc5)nc43)OC[C@@H]2O)(c2ccccc2)c2ccc(OC)cc2)cc1. The molecule has 0 radical (unpaired) electrons. The van der Waals surface area contributed by atoms with Crippen molar-refractivity contribution < 1.29 is 33.6 Å². The van der Waals surface area contributed by atoms with Crippen molar-refractivity contribution in [3.63, 3.8) is 0 Å². The molecule has 3 atom stereocenters. The third-order valence-electron chi connectivity index (χ3n) is 9.81. The largest absolute Gasteiger partial charge is 0.497 e. The van der Waals surface area contributed by atoms with Crippen molar-refractivity contribution in [2.75, 3.05) is 31.5 Å². The normalized spacial score (nSPS) is 16.6. The molecule has 0 aliphatic carbocycles. The van der Waals surface area contributed by atoms with Gasteiger partial charge in [-0.3, -0.25) is 19.5 Å². The Bertz CT molecular complexity index is 2430. The molecule has 286 valence electrons. The predicted octanol–water partition coefficient (Wildman–Crippen LogP) is 6.62. The maximum absolute atomic E-state index is 13.4. The summed E-state index contributed by atoms with van der Waals surface area (Å²) in [5, 5.41) is 17.3. The van der Waals surface area contributed by atoms with E-state index in [0.717, 1.165) is 16.7 Å². The van der Waals surface area contributed by atoms with Crippen LogP contribution in [0, 0.1) is 0 Å². The summed E-state index contributed by atoms with van der Waals surface area (Å²) in [6.07, 6.45) is -1.63. The number of anilines is 2. The zero-order valence-corrected chi connectivity index (χ0v) is 31.0. The monoisotopic (exact) mass is 762 g/mol. The first-order valence-electron chi connectivity index (χ1n) is 18.2. The van der Waals surface area contributed by atoms with E-state index in [0.29, 0.717) is 22.6 Å². The van der Waals surface area contributed by atoms with Gasteiger partial charge in [-0.2, -0.15) is 9.97 Å². The lowest BCUT2D eigenvalue weighted by molar-refractivity contribution is -0.121. The minimum atomic E-state index is -1.30. The van der Waals surface area contributed by atoms with Crippen LogP contribution in [0.5, 0.6) is 11.5 Å². The van der Waals surface area contributed by atoms with Crippen LogP contribution in [0.15, 0.2) is 146 Å². The Balaban J connectivity index is 1.25. The summed E-state index contributed by atoms with van der Waals surface area (Å²) >= 11 is 0. The van der Waals surface area contributed by atoms with Crippen molar-refractivity contribution in [1.82, 2.24) is 19.5 Å². The Morgan fingerprint density at radius 3 is 1.75 bits per heavy atom. The Labute approximate surface area is 327 Å². The predicted molar refractivity (Wildman–Crippen MR) is 212 cm³/mol. The number of methoxy groups -OCH3 is 2. The lowest BCUT2D eigenvalue weighted by Gasteiger charge is -2.40. The Hall–Kier alpha value is -6.93. The summed E-state index contributed by atoms with van der Waals surface area (Å²) in [5.74, 6) is 0.391. The van der Waals surface area contributed by atoms with Gasteiger partial charge in [-0.1, -0.05) is 91.0 Å². The van der Waals surface area contributed by atoms with E-state index in [9.17, 15) is 14.7 Å². The number of aliphatic hydroxyl groups excluding tert-OH is 1. The van der Waals surface area contributed by atoms with Gasteiger partial charge in [0.05, 0.1) is 27.2 Å². The highest BCUT2D eigenvalue weighted by atomic mass is 16.6. The van der Waals surface area contributed by atoms with Gasteiger partial charge in [0.25, 0.3) is 11.8 Å². The van der Waals surface area contributed by atoms with Gasteiger partial charge in [0.15, 0.2) is 23.2 Å². The maximum atomic E-state index is 13.4. The average molecular weight is 763 g/mol. The molecule has 1 aliphatic heterocycles. The van der Waals surface area contributed by atoms with E-state index >= 15 is 0 Å². The maximum Gasteiger partial charge on any atom is 0.258 e. The molecule has 1 saturated heterocycles. The van der Waals surface area contributed by atoms with Gasteiger partial charge < -0.3 is 29.4 Å². The molecule has 1 aliphatic rings. The minimum Gasteiger partial charge on any atom is -0.497 e. The second kappa shape index (κ2) is 16.0. The molecule has 5 aromatic carbocycles. The number of nitrogens with zero attached hydrogens (tertiary/aromatic N) is 4. The highest BCUT2D eigenvalue weighted by Gasteiger charge is 2.48. The fraction of sp³-hybridized carbons (Fsp3) is 0.159. The fourth-order valence-corrected chi connectivity index (χ4v) is 6.96. The van der Waals surface area contributed by atoms with Crippen molar-refractivity contribution in [2.45, 2.75) is 24.0 Å². The molecule has 13 nitrogen and oxygen atoms in total. The van der Waals surface area contributed by atoms with Crippen LogP contribution >= 0.6 is 0 Å². The number of hydrogen-bond donors (Lipinski definition) is 3. The van der Waals surface area contributed by atoms with Crippen LogP contribution in [0.1, 0.15) is 43.6 Å². The van der Waals surface area contributed by atoms with E-state index in [1.807, 2.05) is 84.9 Å². The topological polar surface area (TPSA) is 159 Å². The molecule has 0 bridgehead atoms. The van der Waals surface area contributed by atoms with Crippen LogP contribution in [-0.2, 0) is 15.1 Å². The minimum absolute atomic E-state index is 0.0575. The van der Waals surface area contributed by atoms with Crippen LogP contribution < -0.4 is 20.1 Å². The van der Waals surface area contributed by atoms with Crippen LogP contribution in [0.2, 0.25) is 0 Å². The molecule has 1 fully saturated rings. The Kier molecular flexibility index (Phi) is 10.4. The molecule has 0 saturated carbocycles. The molecule has 57 heavy (non-hydrogen) atoms. The number of amides is 2. The van der Waals surface area contributed by atoms with Gasteiger partial charge in [-0.05, 0) is 65.2 Å². The zero-order valence-electron chi connectivity index (χ0n) is 31.0. The molecule has 2 amide bonds. The van der Waals surface area contributed by atoms with Gasteiger partial charge in [0.2, 0.25) is 5.95 Å². The number of aromatic nitrogens is 4. The second-order valence-corrected chi connectivity index (χ2v) is 13.2. The van der Waals surface area contributed by atoms with E-state index in [-0.39, 0.29) is 29.5 Å². The van der Waals surface area contributed by atoms with E-state index in [1.54, 1.807) is 73.4 Å². The molecule has 0 unspecified atom stereocenters. The van der Waals surface area contributed by atoms with Gasteiger partial charge in [-0.25, -0.2) is 4.98 Å². The number of rotatable bonds is 12. The first-order chi connectivity index (χ1) is 27.9. The first kappa shape index (κ1) is 37.0. The number of benzene rings is 5. The third kappa shape index (κ3) is 7.30. The third-order valence-corrected chi connectivity index (χ3v) is 9.81. The van der Waals surface area contributed by atoms with Gasteiger partial charge in [-0.15, -0.1) is 0 Å². The molecule has 2 aromatic heterocycles. The highest BCUT2D eigenvalue weighted by Crippen LogP contribution is 2.46. The van der Waals surface area contributed by atoms with E-state index in [2.05, 4.69) is 20.6 Å². The molecule has 8 rings (SSSR count). The van der Waals surface area contributed by atoms with Crippen LogP contribution in [0.4, 0.5) is 11.8 Å². The molecule has 7 aromatic rings. The standard InChI is InChI=1S/C44H38N6O7/c1-54-33-22-18-31(19-23-33)44(30-16-10-5-11-17-30,32-20-24-34(55-2)25-21-32)57-37-35(51)26-56-42(37)50-27-45-36-38(46-40(52)28-12-6-3-7-13-28)47-43(48-39(36)50)49-41(53)29-14-8-4-9-15-29/h3-25,27,35,37,42,51H,26H2,1-2H3,(H2,46,47,48,49,52,53)/t35-,37+,42+/m0/s1. The summed E-state index contributed by atoms with van der Waals surface area (Å²) < 4.78 is 26.3. The van der Waals surface area contributed by atoms with Crippen molar-refractivity contribution in [2.24, 2.45) is 0 Å². The number of aliphatic hydroxyl groups is 1. The summed E-state index contributed by atoms with van der Waals surface area (Å²) in [6, 6.07) is 42.1. The smallest absolute Gasteiger partial charge is 0.258 e. The first-order valence-corrected chi connectivity index (χ1v) is 18.2. The fourth-order valence-electron chi connectivity index (χ4n) is 6.96. The number of ether oxygens (including phenoxy) is 4. The van der Waals surface area contributed by atoms with E-state index < -0.39 is 35.9 Å². The van der Waals surface area contributed by atoms with Crippen LogP contribution in [0.3, 0.4) is 0 Å². The van der Waals surface area contributed by atoms with Gasteiger partial charge in [0.1, 0.15) is 29.3 Å². The summed E-state index contributed by atoms with van der Waals surface area (Å²) in [7, 11) is 3.21. The molecular weight excluding hydrogens is 725 g/mol. The molecule has 13 heteroatoms. The Morgan fingerprint density at radius 1 is 0.702 bits per heavy atom. The lowest BCUT2D eigenvalue weighted by atomic mass is 9.79. The van der Waals surface area contributed by atoms with Gasteiger partial charge in [0, 0.05) is 11.1 Å². The summed E-state index contributed by atoms with van der Waals surface area (Å²) in [4.78, 5) is 40.6. The number of carbonyl (C=O) groups excluding carboxylic acids is 2. The molecule has 3 heterocycles. The molecule has 0 spiro atoms. The van der Waals surface area contributed by atoms with Crippen molar-refractivity contribution in [1.29, 1.82) is 0 Å².